The number of hydrogen-bond acceptors (Lipinski definition) is 3. The topological polar surface area (TPSA) is 37.8 Å². The van der Waals surface area contributed by atoms with Gasteiger partial charge in [-0.15, -0.1) is 0 Å². The molecule has 1 aliphatic carbocycles. The van der Waals surface area contributed by atoms with Crippen molar-refractivity contribution >= 4 is 17.4 Å². The van der Waals surface area contributed by atoms with E-state index < -0.39 is 0 Å². The molecule has 3 nitrogen and oxygen atoms in total. The Hall–Kier alpha value is -0.830. The second-order valence-corrected chi connectivity index (χ2v) is 6.10. The smallest absolute Gasteiger partial charge is 0.138 e. The molecule has 0 spiro atoms. The first kappa shape index (κ1) is 13.6. The second-order valence-electron chi connectivity index (χ2n) is 5.75. The number of halogens is 1. The molecule has 1 aliphatic rings. The van der Waals surface area contributed by atoms with Gasteiger partial charge in [0.05, 0.1) is 0 Å². The van der Waals surface area contributed by atoms with Gasteiger partial charge in [0, 0.05) is 12.1 Å². The third kappa shape index (κ3) is 3.14. The summed E-state index contributed by atoms with van der Waals surface area (Å²) in [6.07, 6.45) is 5.54. The van der Waals surface area contributed by atoms with E-state index in [-0.39, 0.29) is 0 Å². The quantitative estimate of drug-likeness (QED) is 0.835. The average molecular weight is 268 g/mol. The third-order valence-corrected chi connectivity index (χ3v) is 4.08. The summed E-state index contributed by atoms with van der Waals surface area (Å²) >= 11 is 6.15. The highest BCUT2D eigenvalue weighted by atomic mass is 35.5. The summed E-state index contributed by atoms with van der Waals surface area (Å²) in [5, 5.41) is 4.03. The summed E-state index contributed by atoms with van der Waals surface area (Å²) in [5.74, 6) is 2.89. The molecule has 2 unspecified atom stereocenters. The van der Waals surface area contributed by atoms with Crippen LogP contribution in [0.2, 0.25) is 5.15 Å². The summed E-state index contributed by atoms with van der Waals surface area (Å²) in [4.78, 5) is 8.40. The zero-order valence-electron chi connectivity index (χ0n) is 11.4. The number of hydrogen-bond donors (Lipinski definition) is 1. The molecule has 1 aromatic rings. The molecule has 0 aromatic carbocycles. The van der Waals surface area contributed by atoms with Gasteiger partial charge < -0.3 is 5.32 Å². The van der Waals surface area contributed by atoms with Crippen LogP contribution >= 0.6 is 11.6 Å². The molecule has 2 atom stereocenters. The number of nitrogens with zero attached hydrogens (tertiary/aromatic N) is 2. The van der Waals surface area contributed by atoms with Crippen LogP contribution < -0.4 is 5.32 Å². The van der Waals surface area contributed by atoms with Crippen molar-refractivity contribution in [2.75, 3.05) is 11.9 Å². The maximum atomic E-state index is 6.15. The van der Waals surface area contributed by atoms with E-state index in [0.29, 0.717) is 11.1 Å². The third-order valence-electron chi connectivity index (χ3n) is 3.77. The van der Waals surface area contributed by atoms with Crippen LogP contribution in [-0.4, -0.2) is 16.5 Å². The van der Waals surface area contributed by atoms with Crippen molar-refractivity contribution in [3.63, 3.8) is 0 Å². The molecule has 100 valence electrons. The monoisotopic (exact) mass is 267 g/mol. The van der Waals surface area contributed by atoms with Crippen molar-refractivity contribution in [2.24, 2.45) is 11.8 Å². The van der Waals surface area contributed by atoms with Crippen molar-refractivity contribution in [1.82, 2.24) is 9.97 Å². The molecule has 2 rings (SSSR count). The van der Waals surface area contributed by atoms with Gasteiger partial charge in [0.25, 0.3) is 0 Å². The Morgan fingerprint density at radius 1 is 1.39 bits per heavy atom. The van der Waals surface area contributed by atoms with Crippen LogP contribution in [0.25, 0.3) is 0 Å². The van der Waals surface area contributed by atoms with Crippen LogP contribution in [0.15, 0.2) is 6.33 Å². The van der Waals surface area contributed by atoms with Crippen LogP contribution in [0.4, 0.5) is 5.82 Å². The van der Waals surface area contributed by atoms with Crippen LogP contribution in [0, 0.1) is 11.8 Å². The Labute approximate surface area is 114 Å². The molecule has 18 heavy (non-hydrogen) atoms. The highest BCUT2D eigenvalue weighted by Gasteiger charge is 2.22. The normalized spacial score (nSPS) is 23.6. The fourth-order valence-corrected chi connectivity index (χ4v) is 3.13. The van der Waals surface area contributed by atoms with E-state index >= 15 is 0 Å². The van der Waals surface area contributed by atoms with E-state index in [2.05, 4.69) is 36.1 Å². The first-order valence-corrected chi connectivity index (χ1v) is 7.20. The van der Waals surface area contributed by atoms with Crippen molar-refractivity contribution in [1.29, 1.82) is 0 Å². The minimum atomic E-state index is 0.337. The molecule has 0 radical (unpaired) electrons. The summed E-state index contributed by atoms with van der Waals surface area (Å²) in [5.41, 5.74) is 1.03. The average Bonchev–Trinajstić information content (AvgIpc) is 2.72. The molecule has 0 amide bonds. The van der Waals surface area contributed by atoms with Crippen LogP contribution in [0.3, 0.4) is 0 Å². The lowest BCUT2D eigenvalue weighted by molar-refractivity contribution is 0.536. The second kappa shape index (κ2) is 5.87. The predicted octanol–water partition coefficient (Wildman–Crippen LogP) is 4.10. The summed E-state index contributed by atoms with van der Waals surface area (Å²) < 4.78 is 0. The summed E-state index contributed by atoms with van der Waals surface area (Å²) in [7, 11) is 0. The van der Waals surface area contributed by atoms with Gasteiger partial charge in [-0.05, 0) is 30.6 Å². The largest absolute Gasteiger partial charge is 0.369 e. The Morgan fingerprint density at radius 3 is 2.78 bits per heavy atom. The van der Waals surface area contributed by atoms with E-state index in [0.717, 1.165) is 29.8 Å². The number of aromatic nitrogens is 2. The first-order valence-electron chi connectivity index (χ1n) is 6.82. The van der Waals surface area contributed by atoms with E-state index in [1.165, 1.54) is 25.6 Å². The fourth-order valence-electron chi connectivity index (χ4n) is 2.78. The Morgan fingerprint density at radius 2 is 2.17 bits per heavy atom. The molecule has 1 saturated carbocycles. The maximum Gasteiger partial charge on any atom is 0.138 e. The lowest BCUT2D eigenvalue weighted by Crippen LogP contribution is -2.14. The van der Waals surface area contributed by atoms with Crippen LogP contribution in [-0.2, 0) is 0 Å². The number of rotatable bonds is 4. The number of nitrogens with one attached hydrogen (secondary N) is 1. The van der Waals surface area contributed by atoms with Crippen molar-refractivity contribution in [3.05, 3.63) is 17.0 Å². The van der Waals surface area contributed by atoms with Gasteiger partial charge in [-0.2, -0.15) is 0 Å². The van der Waals surface area contributed by atoms with Crippen molar-refractivity contribution in [3.8, 4) is 0 Å². The summed E-state index contributed by atoms with van der Waals surface area (Å²) in [6, 6.07) is 0. The van der Waals surface area contributed by atoms with Gasteiger partial charge in [-0.3, -0.25) is 0 Å². The van der Waals surface area contributed by atoms with Gasteiger partial charge in [0.2, 0.25) is 0 Å². The number of anilines is 1. The lowest BCUT2D eigenvalue weighted by Gasteiger charge is -2.16. The SMILES string of the molecule is CC1CCC(CNc2ncnc(Cl)c2C(C)C)C1. The molecule has 4 heteroatoms. The Bertz CT molecular complexity index is 406. The highest BCUT2D eigenvalue weighted by Crippen LogP contribution is 2.32. The van der Waals surface area contributed by atoms with Crippen molar-refractivity contribution < 1.29 is 0 Å². The molecular formula is C14H22ClN3. The van der Waals surface area contributed by atoms with Crippen LogP contribution in [0.1, 0.15) is 51.5 Å². The maximum absolute atomic E-state index is 6.15. The minimum absolute atomic E-state index is 0.337. The lowest BCUT2D eigenvalue weighted by atomic mass is 10.0. The molecule has 0 aliphatic heterocycles. The predicted molar refractivity (Wildman–Crippen MR) is 76.1 cm³/mol. The van der Waals surface area contributed by atoms with Gasteiger partial charge in [-0.25, -0.2) is 9.97 Å². The van der Waals surface area contributed by atoms with Crippen molar-refractivity contribution in [2.45, 2.75) is 46.0 Å². The Balaban J connectivity index is 2.03. The molecule has 1 aromatic heterocycles. The van der Waals surface area contributed by atoms with Crippen LogP contribution in [0.5, 0.6) is 0 Å². The molecular weight excluding hydrogens is 246 g/mol. The van der Waals surface area contributed by atoms with E-state index in [1.54, 1.807) is 0 Å². The van der Waals surface area contributed by atoms with Gasteiger partial charge in [0.1, 0.15) is 17.3 Å². The molecule has 1 heterocycles. The van der Waals surface area contributed by atoms with Gasteiger partial charge in [-0.1, -0.05) is 38.8 Å². The summed E-state index contributed by atoms with van der Waals surface area (Å²) in [6.45, 7) is 7.57. The highest BCUT2D eigenvalue weighted by molar-refractivity contribution is 6.30. The van der Waals surface area contributed by atoms with E-state index in [1.807, 2.05) is 0 Å². The Kier molecular flexibility index (Phi) is 4.44. The molecule has 1 fully saturated rings. The zero-order chi connectivity index (χ0) is 13.1. The minimum Gasteiger partial charge on any atom is -0.369 e. The van der Waals surface area contributed by atoms with E-state index in [4.69, 9.17) is 11.6 Å². The van der Waals surface area contributed by atoms with Gasteiger partial charge in [0.15, 0.2) is 0 Å². The zero-order valence-corrected chi connectivity index (χ0v) is 12.2. The first-order chi connectivity index (χ1) is 8.58. The molecule has 0 saturated heterocycles. The fraction of sp³-hybridized carbons (Fsp3) is 0.714. The van der Waals surface area contributed by atoms with E-state index in [9.17, 15) is 0 Å². The molecule has 0 bridgehead atoms. The van der Waals surface area contributed by atoms with Gasteiger partial charge >= 0.3 is 0 Å². The molecule has 1 N–H and O–H groups in total. The standard InChI is InChI=1S/C14H22ClN3/c1-9(2)12-13(15)17-8-18-14(12)16-7-11-5-4-10(3)6-11/h8-11H,4-7H2,1-3H3,(H,16,17,18).